The van der Waals surface area contributed by atoms with E-state index in [2.05, 4.69) is 10.6 Å². The van der Waals surface area contributed by atoms with Crippen molar-refractivity contribution in [2.24, 2.45) is 0 Å². The third kappa shape index (κ3) is 6.04. The summed E-state index contributed by atoms with van der Waals surface area (Å²) < 4.78 is 0. The predicted molar refractivity (Wildman–Crippen MR) is 122 cm³/mol. The van der Waals surface area contributed by atoms with E-state index in [1.165, 1.54) is 6.92 Å². The van der Waals surface area contributed by atoms with Crippen LogP contribution in [-0.4, -0.2) is 35.0 Å². The molecule has 3 N–H and O–H groups in total. The van der Waals surface area contributed by atoms with Crippen molar-refractivity contribution in [2.45, 2.75) is 31.3 Å². The largest absolute Gasteiger partial charge is 0.480 e. The zero-order chi connectivity index (χ0) is 22.9. The fraction of sp³-hybridized carbons (Fsp3) is 0.192. The van der Waals surface area contributed by atoms with E-state index >= 15 is 0 Å². The molecular formula is C26H26N2O4. The van der Waals surface area contributed by atoms with Crippen LogP contribution in [0, 0.1) is 0 Å². The van der Waals surface area contributed by atoms with E-state index in [4.69, 9.17) is 0 Å². The van der Waals surface area contributed by atoms with Crippen LogP contribution in [0.5, 0.6) is 0 Å². The molecule has 3 rings (SSSR count). The van der Waals surface area contributed by atoms with E-state index in [0.29, 0.717) is 0 Å². The highest BCUT2D eigenvalue weighted by Crippen LogP contribution is 2.28. The maximum Gasteiger partial charge on any atom is 0.327 e. The summed E-state index contributed by atoms with van der Waals surface area (Å²) in [4.78, 5) is 37.2. The number of carbonyl (C=O) groups excluding carboxylic acids is 2. The molecule has 0 fully saturated rings. The number of aliphatic carboxylic acids is 1. The van der Waals surface area contributed by atoms with Gasteiger partial charge >= 0.3 is 5.97 Å². The molecule has 0 bridgehead atoms. The van der Waals surface area contributed by atoms with Crippen LogP contribution in [0.1, 0.15) is 29.5 Å². The van der Waals surface area contributed by atoms with Crippen LogP contribution in [0.25, 0.3) is 0 Å². The van der Waals surface area contributed by atoms with Crippen LogP contribution >= 0.6 is 0 Å². The molecular weight excluding hydrogens is 404 g/mol. The molecule has 0 heterocycles. The van der Waals surface area contributed by atoms with Gasteiger partial charge in [0.2, 0.25) is 11.8 Å². The molecule has 6 heteroatoms. The van der Waals surface area contributed by atoms with Crippen molar-refractivity contribution in [3.63, 3.8) is 0 Å². The normalized spacial score (nSPS) is 12.6. The van der Waals surface area contributed by atoms with Gasteiger partial charge in [0, 0.05) is 19.3 Å². The molecule has 164 valence electrons. The average Bonchev–Trinajstić information content (AvgIpc) is 2.80. The van der Waals surface area contributed by atoms with Crippen molar-refractivity contribution in [3.8, 4) is 0 Å². The van der Waals surface area contributed by atoms with Gasteiger partial charge in [-0.15, -0.1) is 0 Å². The summed E-state index contributed by atoms with van der Waals surface area (Å²) in [5.41, 5.74) is 2.40. The van der Waals surface area contributed by atoms with Crippen LogP contribution < -0.4 is 10.6 Å². The number of hydrogen-bond donors (Lipinski definition) is 3. The zero-order valence-corrected chi connectivity index (χ0v) is 17.8. The number of carboxylic acid groups (broad SMARTS) is 1. The Balaban J connectivity index is 1.92. The smallest absolute Gasteiger partial charge is 0.327 e. The number of hydrogen-bond acceptors (Lipinski definition) is 3. The SMILES string of the molecule is CC(=O)N[C@H](Cc1ccccc1)C(=O)N[C@@H](C(=O)O)C(c1ccccc1)c1ccccc1. The highest BCUT2D eigenvalue weighted by molar-refractivity contribution is 5.90. The molecule has 3 aromatic rings. The predicted octanol–water partition coefficient (Wildman–Crippen LogP) is 3.14. The van der Waals surface area contributed by atoms with Gasteiger partial charge in [0.1, 0.15) is 12.1 Å². The van der Waals surface area contributed by atoms with Crippen molar-refractivity contribution in [1.29, 1.82) is 0 Å². The van der Waals surface area contributed by atoms with E-state index in [1.54, 1.807) is 0 Å². The minimum atomic E-state index is -1.22. The standard InChI is InChI=1S/C26H26N2O4/c1-18(29)27-22(17-19-11-5-2-6-12-19)25(30)28-24(26(31)32)23(20-13-7-3-8-14-20)21-15-9-4-10-16-21/h2-16,22-24H,17H2,1H3,(H,27,29)(H,28,30)(H,31,32)/t22-,24-/m1/s1. The summed E-state index contributed by atoms with van der Waals surface area (Å²) in [7, 11) is 0. The molecule has 0 saturated heterocycles. The van der Waals surface area contributed by atoms with E-state index in [0.717, 1.165) is 16.7 Å². The van der Waals surface area contributed by atoms with Crippen molar-refractivity contribution in [3.05, 3.63) is 108 Å². The molecule has 0 spiro atoms. The monoisotopic (exact) mass is 430 g/mol. The lowest BCUT2D eigenvalue weighted by Crippen LogP contribution is -2.53. The minimum absolute atomic E-state index is 0.250. The van der Waals surface area contributed by atoms with Gasteiger partial charge in [0.15, 0.2) is 0 Å². The van der Waals surface area contributed by atoms with E-state index in [-0.39, 0.29) is 12.3 Å². The Labute approximate surface area is 187 Å². The molecule has 0 aliphatic heterocycles. The second-order valence-electron chi connectivity index (χ2n) is 7.57. The minimum Gasteiger partial charge on any atom is -0.480 e. The molecule has 0 aliphatic rings. The first-order valence-electron chi connectivity index (χ1n) is 10.4. The molecule has 6 nitrogen and oxygen atoms in total. The number of amides is 2. The Morgan fingerprint density at radius 2 is 1.22 bits per heavy atom. The topological polar surface area (TPSA) is 95.5 Å². The Morgan fingerprint density at radius 3 is 1.66 bits per heavy atom. The first-order valence-corrected chi connectivity index (χ1v) is 10.4. The first kappa shape index (κ1) is 22.7. The zero-order valence-electron chi connectivity index (χ0n) is 17.8. The molecule has 0 radical (unpaired) electrons. The van der Waals surface area contributed by atoms with Crippen molar-refractivity contribution < 1.29 is 19.5 Å². The van der Waals surface area contributed by atoms with Crippen LogP contribution in [0.4, 0.5) is 0 Å². The van der Waals surface area contributed by atoms with Crippen molar-refractivity contribution >= 4 is 17.8 Å². The summed E-state index contributed by atoms with van der Waals surface area (Å²) in [5, 5.41) is 15.4. The van der Waals surface area contributed by atoms with Crippen LogP contribution in [0.3, 0.4) is 0 Å². The fourth-order valence-electron chi connectivity index (χ4n) is 3.74. The fourth-order valence-corrected chi connectivity index (χ4v) is 3.74. The van der Waals surface area contributed by atoms with Gasteiger partial charge in [-0.05, 0) is 16.7 Å². The van der Waals surface area contributed by atoms with Gasteiger partial charge in [-0.3, -0.25) is 9.59 Å². The summed E-state index contributed by atoms with van der Waals surface area (Å²) in [5.74, 6) is -2.67. The highest BCUT2D eigenvalue weighted by Gasteiger charge is 2.34. The maximum atomic E-state index is 13.2. The molecule has 2 amide bonds. The molecule has 32 heavy (non-hydrogen) atoms. The quantitative estimate of drug-likeness (QED) is 0.486. The van der Waals surface area contributed by atoms with Gasteiger partial charge in [-0.25, -0.2) is 4.79 Å². The number of nitrogens with one attached hydrogen (secondary N) is 2. The lowest BCUT2D eigenvalue weighted by molar-refractivity contribution is -0.142. The maximum absolute atomic E-state index is 13.2. The Kier molecular flexibility index (Phi) is 7.75. The van der Waals surface area contributed by atoms with Gasteiger partial charge in [0.25, 0.3) is 0 Å². The molecule has 0 saturated carbocycles. The van der Waals surface area contributed by atoms with Gasteiger partial charge < -0.3 is 15.7 Å². The number of rotatable bonds is 9. The summed E-state index contributed by atoms with van der Waals surface area (Å²) in [6.45, 7) is 1.33. The lowest BCUT2D eigenvalue weighted by atomic mass is 9.84. The van der Waals surface area contributed by atoms with Crippen LogP contribution in [0.2, 0.25) is 0 Å². The third-order valence-electron chi connectivity index (χ3n) is 5.19. The van der Waals surface area contributed by atoms with Gasteiger partial charge in [-0.1, -0.05) is 91.0 Å². The van der Waals surface area contributed by atoms with Crippen molar-refractivity contribution in [2.75, 3.05) is 0 Å². The lowest BCUT2D eigenvalue weighted by Gasteiger charge is -2.28. The third-order valence-corrected chi connectivity index (χ3v) is 5.19. The summed E-state index contributed by atoms with van der Waals surface area (Å²) >= 11 is 0. The van der Waals surface area contributed by atoms with E-state index in [1.807, 2.05) is 91.0 Å². The molecule has 3 aromatic carbocycles. The average molecular weight is 431 g/mol. The summed E-state index contributed by atoms with van der Waals surface area (Å²) in [6.07, 6.45) is 0.250. The molecule has 0 unspecified atom stereocenters. The number of carbonyl (C=O) groups is 3. The van der Waals surface area contributed by atoms with Crippen LogP contribution in [-0.2, 0) is 20.8 Å². The molecule has 0 aromatic heterocycles. The van der Waals surface area contributed by atoms with E-state index < -0.39 is 29.9 Å². The summed E-state index contributed by atoms with van der Waals surface area (Å²) in [6, 6.07) is 25.6. The molecule has 0 aliphatic carbocycles. The van der Waals surface area contributed by atoms with Gasteiger partial charge in [0.05, 0.1) is 0 Å². The van der Waals surface area contributed by atoms with E-state index in [9.17, 15) is 19.5 Å². The van der Waals surface area contributed by atoms with Crippen molar-refractivity contribution in [1.82, 2.24) is 10.6 Å². The van der Waals surface area contributed by atoms with Crippen LogP contribution in [0.15, 0.2) is 91.0 Å². The number of benzene rings is 3. The second-order valence-corrected chi connectivity index (χ2v) is 7.57. The number of carboxylic acids is 1. The molecule has 2 atom stereocenters. The Morgan fingerprint density at radius 1 is 0.750 bits per heavy atom. The Bertz CT molecular complexity index is 1000. The highest BCUT2D eigenvalue weighted by atomic mass is 16.4. The second kappa shape index (κ2) is 10.9. The first-order chi connectivity index (χ1) is 15.5. The van der Waals surface area contributed by atoms with Gasteiger partial charge in [-0.2, -0.15) is 0 Å². The Hall–Kier alpha value is -3.93.